The first-order valence-electron chi connectivity index (χ1n) is 10.9. The highest BCUT2D eigenvalue weighted by Gasteiger charge is 2.27. The van der Waals surface area contributed by atoms with Gasteiger partial charge in [-0.1, -0.05) is 37.9 Å². The van der Waals surface area contributed by atoms with Crippen LogP contribution in [0.5, 0.6) is 0 Å². The van der Waals surface area contributed by atoms with Gasteiger partial charge in [0.25, 0.3) is 0 Å². The summed E-state index contributed by atoms with van der Waals surface area (Å²) in [7, 11) is -3.57. The van der Waals surface area contributed by atoms with Crippen LogP contribution in [0.2, 0.25) is 0 Å². The molecule has 0 atom stereocenters. The molecule has 3 rings (SSSR count). The third-order valence-corrected chi connectivity index (χ3v) is 8.16. The van der Waals surface area contributed by atoms with Crippen molar-refractivity contribution in [2.75, 3.05) is 38.6 Å². The van der Waals surface area contributed by atoms with E-state index in [0.29, 0.717) is 44.9 Å². The largest absolute Gasteiger partial charge is 0.379 e. The number of amides is 1. The smallest absolute Gasteiger partial charge is 0.243 e. The molecule has 1 saturated heterocycles. The Labute approximate surface area is 188 Å². The highest BCUT2D eigenvalue weighted by molar-refractivity contribution is 7.99. The number of imidazole rings is 1. The maximum atomic E-state index is 13.0. The summed E-state index contributed by atoms with van der Waals surface area (Å²) in [5.74, 6) is 0.280. The van der Waals surface area contributed by atoms with Gasteiger partial charge in [-0.05, 0) is 31.5 Å². The number of ether oxygens (including phenoxy) is 1. The number of hydrogen-bond acceptors (Lipinski definition) is 6. The molecule has 1 fully saturated rings. The van der Waals surface area contributed by atoms with E-state index >= 15 is 0 Å². The van der Waals surface area contributed by atoms with Crippen LogP contribution < -0.4 is 5.32 Å². The maximum Gasteiger partial charge on any atom is 0.243 e. The number of benzene rings is 1. The van der Waals surface area contributed by atoms with Gasteiger partial charge < -0.3 is 14.6 Å². The Morgan fingerprint density at radius 1 is 1.19 bits per heavy atom. The van der Waals surface area contributed by atoms with Crippen LogP contribution in [0.15, 0.2) is 28.3 Å². The van der Waals surface area contributed by atoms with Crippen molar-refractivity contribution in [3.8, 4) is 0 Å². The van der Waals surface area contributed by atoms with E-state index in [1.165, 1.54) is 28.9 Å². The molecule has 1 aromatic carbocycles. The minimum absolute atomic E-state index is 0.00760. The molecule has 0 spiro atoms. The van der Waals surface area contributed by atoms with Gasteiger partial charge in [0.15, 0.2) is 5.16 Å². The molecular weight excluding hydrogens is 436 g/mol. The zero-order valence-corrected chi connectivity index (χ0v) is 19.9. The molecule has 1 N–H and O–H groups in total. The zero-order valence-electron chi connectivity index (χ0n) is 18.3. The van der Waals surface area contributed by atoms with Crippen molar-refractivity contribution in [3.63, 3.8) is 0 Å². The topological polar surface area (TPSA) is 93.5 Å². The van der Waals surface area contributed by atoms with E-state index < -0.39 is 10.0 Å². The fraction of sp³-hybridized carbons (Fsp3) is 0.619. The van der Waals surface area contributed by atoms with Crippen LogP contribution in [0, 0.1) is 0 Å². The van der Waals surface area contributed by atoms with Crippen molar-refractivity contribution >= 4 is 38.7 Å². The Bertz CT molecular complexity index is 985. The van der Waals surface area contributed by atoms with Gasteiger partial charge in [0, 0.05) is 26.2 Å². The van der Waals surface area contributed by atoms with E-state index in [9.17, 15) is 13.2 Å². The highest BCUT2D eigenvalue weighted by Crippen LogP contribution is 2.27. The molecule has 31 heavy (non-hydrogen) atoms. The average Bonchev–Trinajstić information content (AvgIpc) is 3.14. The Hall–Kier alpha value is -1.62. The first kappa shape index (κ1) is 24.0. The van der Waals surface area contributed by atoms with Gasteiger partial charge in [0.1, 0.15) is 0 Å². The molecular formula is C21H32N4O4S2. The number of nitrogens with one attached hydrogen (secondary N) is 1. The quantitative estimate of drug-likeness (QED) is 0.403. The molecule has 1 aliphatic heterocycles. The number of aryl methyl sites for hydroxylation is 1. The van der Waals surface area contributed by atoms with Gasteiger partial charge >= 0.3 is 0 Å². The zero-order chi connectivity index (χ0) is 22.3. The first-order valence-corrected chi connectivity index (χ1v) is 13.4. The second-order valence-corrected chi connectivity index (χ2v) is 10.4. The number of carbonyl (C=O) groups is 1. The monoisotopic (exact) mass is 468 g/mol. The molecule has 8 nitrogen and oxygen atoms in total. The number of nitrogens with zero attached hydrogens (tertiary/aromatic N) is 3. The lowest BCUT2D eigenvalue weighted by molar-refractivity contribution is -0.118. The SMILES string of the molecule is CCCCCCNC(=O)CSc1nc2cc(S(=O)(=O)N3CCOCC3)ccc2n1CC. The number of hydrogen-bond donors (Lipinski definition) is 1. The van der Waals surface area contributed by atoms with Crippen molar-refractivity contribution in [2.45, 2.75) is 56.1 Å². The number of fused-ring (bicyclic) bond motifs is 1. The lowest BCUT2D eigenvalue weighted by atomic mass is 10.2. The normalized spacial score (nSPS) is 15.4. The molecule has 2 aromatic rings. The van der Waals surface area contributed by atoms with Gasteiger partial charge in [0.05, 0.1) is 34.9 Å². The number of morpholine rings is 1. The molecule has 1 amide bonds. The van der Waals surface area contributed by atoms with Crippen LogP contribution in [0.25, 0.3) is 11.0 Å². The van der Waals surface area contributed by atoms with Gasteiger partial charge in [-0.15, -0.1) is 0 Å². The van der Waals surface area contributed by atoms with Gasteiger partial charge in [0.2, 0.25) is 15.9 Å². The number of carbonyl (C=O) groups excluding carboxylic acids is 1. The van der Waals surface area contributed by atoms with E-state index in [4.69, 9.17) is 4.74 Å². The summed E-state index contributed by atoms with van der Waals surface area (Å²) >= 11 is 1.38. The van der Waals surface area contributed by atoms with E-state index in [2.05, 4.69) is 17.2 Å². The molecule has 1 aromatic heterocycles. The number of sulfonamides is 1. The summed E-state index contributed by atoms with van der Waals surface area (Å²) in [5, 5.41) is 3.68. The number of thioether (sulfide) groups is 1. The summed E-state index contributed by atoms with van der Waals surface area (Å²) in [4.78, 5) is 17.0. The van der Waals surface area contributed by atoms with Crippen molar-refractivity contribution < 1.29 is 17.9 Å². The third kappa shape index (κ3) is 6.00. The summed E-state index contributed by atoms with van der Waals surface area (Å²) in [6, 6.07) is 5.07. The van der Waals surface area contributed by atoms with Crippen LogP contribution in [0.4, 0.5) is 0 Å². The van der Waals surface area contributed by atoms with Crippen molar-refractivity contribution in [1.29, 1.82) is 0 Å². The highest BCUT2D eigenvalue weighted by atomic mass is 32.2. The van der Waals surface area contributed by atoms with Crippen LogP contribution in [-0.4, -0.2) is 66.8 Å². The van der Waals surface area contributed by atoms with E-state index in [-0.39, 0.29) is 16.6 Å². The van der Waals surface area contributed by atoms with Crippen molar-refractivity contribution in [1.82, 2.24) is 19.2 Å². The number of rotatable bonds is 11. The predicted molar refractivity (Wildman–Crippen MR) is 123 cm³/mol. The standard InChI is InChI=1S/C21H32N4O4S2/c1-3-5-6-7-10-22-20(26)16-30-21-23-18-15-17(8-9-19(18)25(21)4-2)31(27,28)24-11-13-29-14-12-24/h8-9,15H,3-7,10-14,16H2,1-2H3,(H,22,26). The molecule has 1 aliphatic rings. The molecule has 10 heteroatoms. The summed E-state index contributed by atoms with van der Waals surface area (Å²) in [5.41, 5.74) is 1.49. The van der Waals surface area contributed by atoms with Crippen molar-refractivity contribution in [3.05, 3.63) is 18.2 Å². The molecule has 0 radical (unpaired) electrons. The Morgan fingerprint density at radius 2 is 1.97 bits per heavy atom. The Kier molecular flexibility index (Phi) is 8.76. The minimum Gasteiger partial charge on any atom is -0.379 e. The molecule has 2 heterocycles. The van der Waals surface area contributed by atoms with Crippen molar-refractivity contribution in [2.24, 2.45) is 0 Å². The van der Waals surface area contributed by atoms with E-state index in [1.54, 1.807) is 18.2 Å². The second kappa shape index (κ2) is 11.3. The number of aromatic nitrogens is 2. The van der Waals surface area contributed by atoms with Gasteiger partial charge in [-0.3, -0.25) is 4.79 Å². The maximum absolute atomic E-state index is 13.0. The summed E-state index contributed by atoms with van der Waals surface area (Å²) < 4.78 is 34.6. The molecule has 0 bridgehead atoms. The van der Waals surface area contributed by atoms with Crippen LogP contribution >= 0.6 is 11.8 Å². The number of unbranched alkanes of at least 4 members (excludes halogenated alkanes) is 3. The Balaban J connectivity index is 1.69. The third-order valence-electron chi connectivity index (χ3n) is 5.29. The predicted octanol–water partition coefficient (Wildman–Crippen LogP) is 2.87. The van der Waals surface area contributed by atoms with E-state index in [0.717, 1.165) is 23.5 Å². The lowest BCUT2D eigenvalue weighted by Gasteiger charge is -2.26. The molecule has 172 valence electrons. The lowest BCUT2D eigenvalue weighted by Crippen LogP contribution is -2.40. The van der Waals surface area contributed by atoms with Crippen LogP contribution in [0.3, 0.4) is 0 Å². The fourth-order valence-corrected chi connectivity index (χ4v) is 5.90. The van der Waals surface area contributed by atoms with Crippen LogP contribution in [-0.2, 0) is 26.1 Å². The van der Waals surface area contributed by atoms with Crippen LogP contribution in [0.1, 0.15) is 39.5 Å². The second-order valence-electron chi connectivity index (χ2n) is 7.50. The minimum atomic E-state index is -3.57. The van der Waals surface area contributed by atoms with Gasteiger partial charge in [-0.2, -0.15) is 4.31 Å². The Morgan fingerprint density at radius 3 is 2.68 bits per heavy atom. The average molecular weight is 469 g/mol. The summed E-state index contributed by atoms with van der Waals surface area (Å²) in [6.45, 7) is 7.10. The van der Waals surface area contributed by atoms with Gasteiger partial charge in [-0.25, -0.2) is 13.4 Å². The first-order chi connectivity index (χ1) is 15.0. The molecule has 0 unspecified atom stereocenters. The molecule has 0 saturated carbocycles. The fourth-order valence-electron chi connectivity index (χ4n) is 3.56. The molecule has 0 aliphatic carbocycles. The van der Waals surface area contributed by atoms with E-state index in [1.807, 2.05) is 11.5 Å². The summed E-state index contributed by atoms with van der Waals surface area (Å²) in [6.07, 6.45) is 4.49.